The van der Waals surface area contributed by atoms with Crippen molar-refractivity contribution in [3.05, 3.63) is 52.9 Å². The highest BCUT2D eigenvalue weighted by molar-refractivity contribution is 5.94. The van der Waals surface area contributed by atoms with Crippen molar-refractivity contribution in [3.8, 4) is 0 Å². The molecule has 2 aromatic heterocycles. The highest BCUT2D eigenvalue weighted by atomic mass is 16.2. The van der Waals surface area contributed by atoms with Crippen molar-refractivity contribution >= 4 is 11.8 Å². The van der Waals surface area contributed by atoms with Gasteiger partial charge in [-0.15, -0.1) is 0 Å². The topological polar surface area (TPSA) is 88.1 Å². The van der Waals surface area contributed by atoms with E-state index in [0.717, 1.165) is 55.0 Å². The van der Waals surface area contributed by atoms with E-state index in [0.29, 0.717) is 24.6 Å². The Morgan fingerprint density at radius 1 is 1.03 bits per heavy atom. The highest BCUT2D eigenvalue weighted by Gasteiger charge is 2.28. The number of amides is 2. The van der Waals surface area contributed by atoms with E-state index in [2.05, 4.69) is 10.3 Å². The Bertz CT molecular complexity index is 917. The van der Waals surface area contributed by atoms with Crippen LogP contribution in [0.5, 0.6) is 0 Å². The van der Waals surface area contributed by atoms with Gasteiger partial charge < -0.3 is 10.2 Å². The van der Waals surface area contributed by atoms with Gasteiger partial charge in [-0.25, -0.2) is 9.97 Å². The van der Waals surface area contributed by atoms with E-state index in [1.165, 1.54) is 12.8 Å². The van der Waals surface area contributed by atoms with Gasteiger partial charge in [0.05, 0.1) is 6.42 Å². The maximum Gasteiger partial charge on any atom is 0.253 e. The van der Waals surface area contributed by atoms with Crippen molar-refractivity contribution in [3.63, 3.8) is 0 Å². The van der Waals surface area contributed by atoms with Crippen LogP contribution in [0.2, 0.25) is 0 Å². The second-order valence-electron chi connectivity index (χ2n) is 8.78. The average molecular weight is 422 g/mol. The maximum atomic E-state index is 12.8. The smallest absolute Gasteiger partial charge is 0.253 e. The molecule has 2 amide bonds. The number of aryl methyl sites for hydroxylation is 2. The number of carbonyl (C=O) groups is 2. The largest absolute Gasteiger partial charge is 0.353 e. The van der Waals surface area contributed by atoms with Gasteiger partial charge in [0.1, 0.15) is 5.82 Å². The van der Waals surface area contributed by atoms with Crippen LogP contribution in [0.4, 0.5) is 0 Å². The molecule has 0 aromatic carbocycles. The Hall–Kier alpha value is -2.83. The summed E-state index contributed by atoms with van der Waals surface area (Å²) in [5.74, 6) is 0.975. The molecule has 1 aliphatic heterocycles. The van der Waals surface area contributed by atoms with Gasteiger partial charge in [-0.05, 0) is 51.7 Å². The van der Waals surface area contributed by atoms with E-state index >= 15 is 0 Å². The number of hydrogen-bond acceptors (Lipinski definition) is 5. The molecule has 4 rings (SSSR count). The third kappa shape index (κ3) is 5.09. The zero-order chi connectivity index (χ0) is 21.8. The van der Waals surface area contributed by atoms with Crippen LogP contribution in [-0.4, -0.2) is 50.8 Å². The number of piperidine rings is 1. The molecule has 2 fully saturated rings. The van der Waals surface area contributed by atoms with Gasteiger partial charge >= 0.3 is 0 Å². The van der Waals surface area contributed by atoms with Gasteiger partial charge in [-0.3, -0.25) is 14.6 Å². The number of nitrogens with zero attached hydrogens (tertiary/aromatic N) is 4. The average Bonchev–Trinajstić information content (AvgIpc) is 3.29. The van der Waals surface area contributed by atoms with Crippen molar-refractivity contribution in [2.45, 2.75) is 70.8 Å². The van der Waals surface area contributed by atoms with E-state index in [1.54, 1.807) is 24.5 Å². The van der Waals surface area contributed by atoms with Crippen LogP contribution in [0.3, 0.4) is 0 Å². The van der Waals surface area contributed by atoms with E-state index in [9.17, 15) is 9.59 Å². The summed E-state index contributed by atoms with van der Waals surface area (Å²) in [7, 11) is 0. The van der Waals surface area contributed by atoms with Gasteiger partial charge in [0.2, 0.25) is 5.91 Å². The molecule has 164 valence electrons. The number of nitrogens with one attached hydrogen (secondary N) is 1. The lowest BCUT2D eigenvalue weighted by atomic mass is 9.95. The van der Waals surface area contributed by atoms with Gasteiger partial charge in [-0.1, -0.05) is 12.8 Å². The molecule has 2 aliphatic rings. The first-order valence-corrected chi connectivity index (χ1v) is 11.3. The Morgan fingerprint density at radius 3 is 2.39 bits per heavy atom. The minimum absolute atomic E-state index is 0.0285. The molecule has 1 N–H and O–H groups in total. The van der Waals surface area contributed by atoms with Crippen LogP contribution in [0.15, 0.2) is 24.5 Å². The van der Waals surface area contributed by atoms with E-state index in [4.69, 9.17) is 9.97 Å². The fourth-order valence-electron chi connectivity index (χ4n) is 4.76. The molecule has 1 atom stereocenters. The molecular weight excluding hydrogens is 390 g/mol. The molecular formula is C24H31N5O2. The van der Waals surface area contributed by atoms with Crippen molar-refractivity contribution < 1.29 is 9.59 Å². The van der Waals surface area contributed by atoms with E-state index < -0.39 is 0 Å². The summed E-state index contributed by atoms with van der Waals surface area (Å²) in [6.07, 6.45) is 10.1. The lowest BCUT2D eigenvalue weighted by Crippen LogP contribution is -2.39. The van der Waals surface area contributed by atoms with Crippen molar-refractivity contribution in [1.29, 1.82) is 0 Å². The summed E-state index contributed by atoms with van der Waals surface area (Å²) >= 11 is 0. The SMILES string of the molecule is Cc1nc(C2CCCN(C(=O)c3ccncc3)C2)nc(C)c1CC(=O)NC1CCCC1. The highest BCUT2D eigenvalue weighted by Crippen LogP contribution is 2.27. The minimum Gasteiger partial charge on any atom is -0.353 e. The first-order valence-electron chi connectivity index (χ1n) is 11.3. The summed E-state index contributed by atoms with van der Waals surface area (Å²) < 4.78 is 0. The number of hydrogen-bond donors (Lipinski definition) is 1. The Balaban J connectivity index is 1.44. The Labute approximate surface area is 183 Å². The summed E-state index contributed by atoms with van der Waals surface area (Å²) in [6, 6.07) is 3.82. The predicted octanol–water partition coefficient (Wildman–Crippen LogP) is 3.11. The second kappa shape index (κ2) is 9.54. The number of carbonyl (C=O) groups excluding carboxylic acids is 2. The molecule has 1 saturated heterocycles. The molecule has 1 saturated carbocycles. The molecule has 0 spiro atoms. The maximum absolute atomic E-state index is 12.8. The van der Waals surface area contributed by atoms with Crippen LogP contribution >= 0.6 is 0 Å². The summed E-state index contributed by atoms with van der Waals surface area (Å²) in [5, 5.41) is 3.15. The fraction of sp³-hybridized carbons (Fsp3) is 0.542. The van der Waals surface area contributed by atoms with Crippen LogP contribution in [0.25, 0.3) is 0 Å². The molecule has 2 aromatic rings. The zero-order valence-electron chi connectivity index (χ0n) is 18.4. The Morgan fingerprint density at radius 2 is 1.71 bits per heavy atom. The molecule has 1 aliphatic carbocycles. The summed E-state index contributed by atoms with van der Waals surface area (Å²) in [5.41, 5.74) is 3.30. The van der Waals surface area contributed by atoms with Crippen LogP contribution in [0, 0.1) is 13.8 Å². The minimum atomic E-state index is 0.0285. The van der Waals surface area contributed by atoms with Gasteiger partial charge in [0.15, 0.2) is 0 Å². The lowest BCUT2D eigenvalue weighted by Gasteiger charge is -2.32. The predicted molar refractivity (Wildman–Crippen MR) is 118 cm³/mol. The van der Waals surface area contributed by atoms with Crippen molar-refractivity contribution in [1.82, 2.24) is 25.2 Å². The number of likely N-dealkylation sites (tertiary alicyclic amines) is 1. The normalized spacial score (nSPS) is 19.4. The molecule has 0 radical (unpaired) electrons. The number of rotatable bonds is 5. The monoisotopic (exact) mass is 421 g/mol. The molecule has 7 heteroatoms. The number of aromatic nitrogens is 3. The van der Waals surface area contributed by atoms with Gasteiger partial charge in [-0.2, -0.15) is 0 Å². The zero-order valence-corrected chi connectivity index (χ0v) is 18.4. The molecule has 1 unspecified atom stereocenters. The third-order valence-electron chi connectivity index (χ3n) is 6.50. The summed E-state index contributed by atoms with van der Waals surface area (Å²) in [4.78, 5) is 40.8. The molecule has 31 heavy (non-hydrogen) atoms. The van der Waals surface area contributed by atoms with Gasteiger partial charge in [0, 0.05) is 60.0 Å². The van der Waals surface area contributed by atoms with Crippen LogP contribution in [-0.2, 0) is 11.2 Å². The first-order chi connectivity index (χ1) is 15.0. The van der Waals surface area contributed by atoms with E-state index in [-0.39, 0.29) is 17.7 Å². The quantitative estimate of drug-likeness (QED) is 0.801. The summed E-state index contributed by atoms with van der Waals surface area (Å²) in [6.45, 7) is 5.27. The van der Waals surface area contributed by atoms with Crippen LogP contribution in [0.1, 0.15) is 77.6 Å². The Kier molecular flexibility index (Phi) is 6.59. The van der Waals surface area contributed by atoms with Crippen molar-refractivity contribution in [2.24, 2.45) is 0 Å². The van der Waals surface area contributed by atoms with Crippen LogP contribution < -0.4 is 5.32 Å². The first kappa shape index (κ1) is 21.4. The number of pyridine rings is 1. The fourth-order valence-corrected chi connectivity index (χ4v) is 4.76. The molecule has 3 heterocycles. The van der Waals surface area contributed by atoms with Gasteiger partial charge in [0.25, 0.3) is 5.91 Å². The van der Waals surface area contributed by atoms with E-state index in [1.807, 2.05) is 18.7 Å². The standard InChI is InChI=1S/C24H31N5O2/c1-16-21(14-22(30)28-20-7-3-4-8-20)17(2)27-23(26-16)19-6-5-13-29(15-19)24(31)18-9-11-25-12-10-18/h9-12,19-20H,3-8,13-15H2,1-2H3,(H,28,30). The molecule has 0 bridgehead atoms. The molecule has 7 nitrogen and oxygen atoms in total. The van der Waals surface area contributed by atoms with Crippen molar-refractivity contribution in [2.75, 3.05) is 13.1 Å². The lowest BCUT2D eigenvalue weighted by molar-refractivity contribution is -0.121. The third-order valence-corrected chi connectivity index (χ3v) is 6.50. The second-order valence-corrected chi connectivity index (χ2v) is 8.78.